The Kier molecular flexibility index (Phi) is 5.64. The van der Waals surface area contributed by atoms with Gasteiger partial charge in [-0.3, -0.25) is 0 Å². The summed E-state index contributed by atoms with van der Waals surface area (Å²) in [7, 11) is 0. The molecule has 1 aromatic heterocycles. The number of aromatic nitrogens is 2. The smallest absolute Gasteiger partial charge is 0.434 e. The van der Waals surface area contributed by atoms with E-state index in [1.165, 1.54) is 4.68 Å². The number of hydrogen-bond donors (Lipinski definition) is 1. The second-order valence-corrected chi connectivity index (χ2v) is 2.85. The third kappa shape index (κ3) is 2.84. The maximum absolute atomic E-state index is 11.2. The van der Waals surface area contributed by atoms with Gasteiger partial charge >= 0.3 is 6.09 Å². The highest BCUT2D eigenvalue weighted by Gasteiger charge is 2.17. The Morgan fingerprint density at radius 2 is 2.33 bits per heavy atom. The molecule has 86 valence electrons. The van der Waals surface area contributed by atoms with Crippen molar-refractivity contribution in [3.63, 3.8) is 0 Å². The molecule has 1 aliphatic heterocycles. The van der Waals surface area contributed by atoms with Crippen LogP contribution >= 0.6 is 24.8 Å². The Morgan fingerprint density at radius 1 is 1.60 bits per heavy atom. The highest BCUT2D eigenvalue weighted by Crippen LogP contribution is 2.12. The molecular formula is C8H13Cl2N3O2. The molecule has 0 saturated heterocycles. The summed E-state index contributed by atoms with van der Waals surface area (Å²) in [6, 6.07) is 0. The quantitative estimate of drug-likeness (QED) is 0.821. The first-order valence-corrected chi connectivity index (χ1v) is 4.26. The molecule has 0 atom stereocenters. The van der Waals surface area contributed by atoms with Gasteiger partial charge in [0.05, 0.1) is 12.3 Å². The lowest BCUT2D eigenvalue weighted by Crippen LogP contribution is -2.15. The van der Waals surface area contributed by atoms with Crippen molar-refractivity contribution in [1.29, 1.82) is 0 Å². The zero-order valence-corrected chi connectivity index (χ0v) is 9.86. The molecule has 1 aromatic rings. The number of fused-ring (bicyclic) bond motifs is 1. The largest absolute Gasteiger partial charge is 0.448 e. The van der Waals surface area contributed by atoms with E-state index in [2.05, 4.69) is 10.4 Å². The second kappa shape index (κ2) is 5.95. The van der Waals surface area contributed by atoms with Crippen LogP contribution in [0.4, 0.5) is 4.79 Å². The van der Waals surface area contributed by atoms with Gasteiger partial charge < -0.3 is 10.1 Å². The van der Waals surface area contributed by atoms with Crippen LogP contribution in [0.2, 0.25) is 0 Å². The monoisotopic (exact) mass is 253 g/mol. The normalized spacial score (nSPS) is 12.3. The zero-order chi connectivity index (χ0) is 9.26. The maximum atomic E-state index is 11.2. The fourth-order valence-electron chi connectivity index (χ4n) is 1.34. The Bertz CT molecular complexity index is 319. The van der Waals surface area contributed by atoms with Gasteiger partial charge in [0, 0.05) is 24.8 Å². The Labute approximate surface area is 100.0 Å². The van der Waals surface area contributed by atoms with E-state index in [0.29, 0.717) is 6.61 Å². The molecule has 0 fully saturated rings. The number of carbonyl (C=O) groups is 1. The average molecular weight is 254 g/mol. The summed E-state index contributed by atoms with van der Waals surface area (Å²) >= 11 is 0. The molecule has 1 aliphatic rings. The molecule has 0 aliphatic carbocycles. The van der Waals surface area contributed by atoms with Gasteiger partial charge in [-0.2, -0.15) is 9.78 Å². The van der Waals surface area contributed by atoms with Crippen molar-refractivity contribution < 1.29 is 9.53 Å². The number of nitrogens with zero attached hydrogens (tertiary/aromatic N) is 2. The van der Waals surface area contributed by atoms with Gasteiger partial charge in [0.25, 0.3) is 0 Å². The first kappa shape index (κ1) is 14.2. The fraction of sp³-hybridized carbons (Fsp3) is 0.500. The maximum Gasteiger partial charge on any atom is 0.434 e. The fourth-order valence-corrected chi connectivity index (χ4v) is 1.34. The van der Waals surface area contributed by atoms with E-state index in [4.69, 9.17) is 4.74 Å². The van der Waals surface area contributed by atoms with Gasteiger partial charge in [-0.25, -0.2) is 4.79 Å². The third-order valence-electron chi connectivity index (χ3n) is 1.94. The summed E-state index contributed by atoms with van der Waals surface area (Å²) in [4.78, 5) is 11.2. The van der Waals surface area contributed by atoms with E-state index in [9.17, 15) is 4.79 Å². The van der Waals surface area contributed by atoms with Crippen LogP contribution in [0, 0.1) is 0 Å². The average Bonchev–Trinajstić information content (AvgIpc) is 2.61. The van der Waals surface area contributed by atoms with Crippen molar-refractivity contribution in [1.82, 2.24) is 15.1 Å². The lowest BCUT2D eigenvalue weighted by atomic mass is 10.3. The summed E-state index contributed by atoms with van der Waals surface area (Å²) in [5.41, 5.74) is 2.01. The number of hydrogen-bond acceptors (Lipinski definition) is 4. The lowest BCUT2D eigenvalue weighted by Gasteiger charge is -1.99. The molecule has 0 radical (unpaired) electrons. The summed E-state index contributed by atoms with van der Waals surface area (Å²) in [5, 5.41) is 7.23. The standard InChI is InChI=1S/C8H11N3O2.2ClH/c1-2-13-8(12)11-5-6-3-9-4-7(6)10-11;;/h5,9H,2-4H2,1H3;2*1H. The van der Waals surface area contributed by atoms with Gasteiger partial charge in [0.15, 0.2) is 0 Å². The molecule has 1 N–H and O–H groups in total. The van der Waals surface area contributed by atoms with Crippen LogP contribution in [0.15, 0.2) is 6.20 Å². The van der Waals surface area contributed by atoms with Gasteiger partial charge in [-0.15, -0.1) is 24.8 Å². The van der Waals surface area contributed by atoms with Crippen molar-refractivity contribution in [2.75, 3.05) is 6.61 Å². The van der Waals surface area contributed by atoms with Crippen LogP contribution in [0.1, 0.15) is 18.2 Å². The van der Waals surface area contributed by atoms with E-state index >= 15 is 0 Å². The Morgan fingerprint density at radius 3 is 2.93 bits per heavy atom. The van der Waals surface area contributed by atoms with Crippen molar-refractivity contribution >= 4 is 30.9 Å². The summed E-state index contributed by atoms with van der Waals surface area (Å²) in [6.45, 7) is 3.68. The summed E-state index contributed by atoms with van der Waals surface area (Å²) < 4.78 is 6.06. The molecule has 0 bridgehead atoms. The minimum Gasteiger partial charge on any atom is -0.448 e. The Balaban J connectivity index is 0.000000980. The first-order valence-electron chi connectivity index (χ1n) is 4.26. The van der Waals surface area contributed by atoms with Crippen molar-refractivity contribution in [2.24, 2.45) is 0 Å². The predicted molar refractivity (Wildman–Crippen MR) is 59.7 cm³/mol. The molecular weight excluding hydrogens is 241 g/mol. The topological polar surface area (TPSA) is 56.2 Å². The van der Waals surface area contributed by atoms with E-state index in [-0.39, 0.29) is 24.8 Å². The number of ether oxygens (including phenoxy) is 1. The number of rotatable bonds is 1. The van der Waals surface area contributed by atoms with Crippen LogP contribution in [-0.2, 0) is 17.8 Å². The molecule has 7 heteroatoms. The lowest BCUT2D eigenvalue weighted by molar-refractivity contribution is 0.150. The predicted octanol–water partition coefficient (Wildman–Crippen LogP) is 1.33. The molecule has 5 nitrogen and oxygen atoms in total. The first-order chi connectivity index (χ1) is 6.31. The molecule has 2 rings (SSSR count). The Hall–Kier alpha value is -0.780. The van der Waals surface area contributed by atoms with E-state index in [0.717, 1.165) is 24.3 Å². The van der Waals surface area contributed by atoms with Gasteiger partial charge in [-0.1, -0.05) is 0 Å². The van der Waals surface area contributed by atoms with E-state index in [1.54, 1.807) is 13.1 Å². The SMILES string of the molecule is CCOC(=O)n1cc2c(n1)CNC2.Cl.Cl. The molecule has 2 heterocycles. The number of halogens is 2. The van der Waals surface area contributed by atoms with E-state index < -0.39 is 6.09 Å². The molecule has 0 unspecified atom stereocenters. The van der Waals surface area contributed by atoms with Crippen LogP contribution in [0.5, 0.6) is 0 Å². The molecule has 0 amide bonds. The van der Waals surface area contributed by atoms with Gasteiger partial charge in [0.2, 0.25) is 0 Å². The molecule has 0 saturated carbocycles. The molecule has 15 heavy (non-hydrogen) atoms. The van der Waals surface area contributed by atoms with Crippen LogP contribution in [0.3, 0.4) is 0 Å². The van der Waals surface area contributed by atoms with Crippen molar-refractivity contribution in [3.05, 3.63) is 17.5 Å². The van der Waals surface area contributed by atoms with Crippen molar-refractivity contribution in [2.45, 2.75) is 20.0 Å². The summed E-state index contributed by atoms with van der Waals surface area (Å²) in [6.07, 6.45) is 1.31. The second-order valence-electron chi connectivity index (χ2n) is 2.85. The van der Waals surface area contributed by atoms with Gasteiger partial charge in [0.1, 0.15) is 0 Å². The minimum atomic E-state index is -0.406. The zero-order valence-electron chi connectivity index (χ0n) is 8.23. The highest BCUT2D eigenvalue weighted by atomic mass is 35.5. The van der Waals surface area contributed by atoms with Crippen LogP contribution < -0.4 is 5.32 Å². The number of nitrogens with one attached hydrogen (secondary N) is 1. The molecule has 0 spiro atoms. The van der Waals surface area contributed by atoms with Crippen LogP contribution in [0.25, 0.3) is 0 Å². The summed E-state index contributed by atoms with van der Waals surface area (Å²) in [5.74, 6) is 0. The third-order valence-corrected chi connectivity index (χ3v) is 1.94. The van der Waals surface area contributed by atoms with Crippen molar-refractivity contribution in [3.8, 4) is 0 Å². The van der Waals surface area contributed by atoms with E-state index in [1.807, 2.05) is 0 Å². The van der Waals surface area contributed by atoms with Crippen LogP contribution in [-0.4, -0.2) is 22.5 Å². The highest BCUT2D eigenvalue weighted by molar-refractivity contribution is 5.85. The molecule has 0 aromatic carbocycles. The number of carbonyl (C=O) groups excluding carboxylic acids is 1. The van der Waals surface area contributed by atoms with Gasteiger partial charge in [-0.05, 0) is 6.92 Å². The minimum absolute atomic E-state index is 0.